The summed E-state index contributed by atoms with van der Waals surface area (Å²) >= 11 is 3.11. The first-order valence-electron chi connectivity index (χ1n) is 11.6. The molecule has 7 atom stereocenters. The topological polar surface area (TPSA) is 105 Å². The second kappa shape index (κ2) is 10.0. The average molecular weight is 475 g/mol. The lowest BCUT2D eigenvalue weighted by atomic mass is 9.47. The third kappa shape index (κ3) is 4.76. The number of aliphatic hydroxyl groups is 1. The molecule has 5 rings (SSSR count). The molecule has 3 fully saturated rings. The summed E-state index contributed by atoms with van der Waals surface area (Å²) in [7, 11) is 0. The molecular weight excluding hydrogens is 440 g/mol. The van der Waals surface area contributed by atoms with Gasteiger partial charge in [0.05, 0.1) is 12.4 Å². The van der Waals surface area contributed by atoms with Crippen molar-refractivity contribution in [2.45, 2.75) is 59.0 Å². The largest absolute Gasteiger partial charge is 0.475 e. The summed E-state index contributed by atoms with van der Waals surface area (Å²) in [6, 6.07) is 2.92. The van der Waals surface area contributed by atoms with Crippen LogP contribution in [-0.4, -0.2) is 33.7 Å². The summed E-state index contributed by atoms with van der Waals surface area (Å²) in [5.74, 6) is 1.44. The fourth-order valence-corrected chi connectivity index (χ4v) is 6.98. The molecule has 33 heavy (non-hydrogen) atoms. The van der Waals surface area contributed by atoms with E-state index in [0.29, 0.717) is 22.9 Å². The van der Waals surface area contributed by atoms with Crippen LogP contribution in [0.1, 0.15) is 63.4 Å². The number of hydrogen-bond donors (Lipinski definition) is 3. The zero-order valence-corrected chi connectivity index (χ0v) is 20.3. The maximum atomic E-state index is 11.8. The van der Waals surface area contributed by atoms with Crippen LogP contribution in [-0.2, 0) is 9.59 Å². The molecule has 3 saturated carbocycles. The molecule has 1 aromatic heterocycles. The minimum Gasteiger partial charge on any atom is -0.475 e. The van der Waals surface area contributed by atoms with Crippen molar-refractivity contribution in [3.8, 4) is 0 Å². The van der Waals surface area contributed by atoms with Gasteiger partial charge in [-0.05, 0) is 79.6 Å². The summed E-state index contributed by atoms with van der Waals surface area (Å²) in [6.45, 7) is 7.05. The molecule has 0 bridgehead atoms. The highest BCUT2D eigenvalue weighted by atomic mass is 32.1. The molecule has 180 valence electrons. The van der Waals surface area contributed by atoms with E-state index in [9.17, 15) is 14.7 Å². The van der Waals surface area contributed by atoms with Gasteiger partial charge in [0, 0.05) is 11.3 Å². The van der Waals surface area contributed by atoms with E-state index in [2.05, 4.69) is 43.9 Å². The van der Waals surface area contributed by atoms with Crippen LogP contribution in [0.25, 0.3) is 0 Å². The fraction of sp³-hybridized carbons (Fsp3) is 0.577. The second-order valence-electron chi connectivity index (χ2n) is 10.2. The molecule has 2 N–H and O–H groups in total. The van der Waals surface area contributed by atoms with Crippen LogP contribution in [0.2, 0.25) is 0 Å². The van der Waals surface area contributed by atoms with Crippen molar-refractivity contribution in [1.29, 1.82) is 0 Å². The van der Waals surface area contributed by atoms with E-state index in [0.717, 1.165) is 31.1 Å². The Kier molecular flexibility index (Phi) is 7.74. The predicted octanol–water partition coefficient (Wildman–Crippen LogP) is 4.99. The molecule has 7 heteroatoms. The van der Waals surface area contributed by atoms with E-state index in [1.54, 1.807) is 6.08 Å². The molecule has 1 aromatic rings. The van der Waals surface area contributed by atoms with Gasteiger partial charge in [-0.25, -0.2) is 4.79 Å². The van der Waals surface area contributed by atoms with Crippen LogP contribution in [0, 0.1) is 34.5 Å². The zero-order valence-electron chi connectivity index (χ0n) is 19.4. The van der Waals surface area contributed by atoms with Gasteiger partial charge < -0.3 is 14.6 Å². The standard InChI is InChI=1S/C20H28O2.C5H4O3.CH2OS/c1-12-4-7-16-15-6-5-13-10-14(21)8-9-19(13,2)18(15)17(22)11-20(12,16)3;6-5(7)4-2-1-3-8-4;2-1-3/h8-10,12,15-18,22H,4-7,11H2,1-3H3;1-3H,(H,6,7);1H,(H,2,3). The van der Waals surface area contributed by atoms with Crippen LogP contribution in [0.3, 0.4) is 0 Å². The summed E-state index contributed by atoms with van der Waals surface area (Å²) in [6.07, 6.45) is 12.5. The lowest BCUT2D eigenvalue weighted by Crippen LogP contribution is -2.55. The van der Waals surface area contributed by atoms with Crippen LogP contribution < -0.4 is 0 Å². The van der Waals surface area contributed by atoms with Crippen LogP contribution in [0.4, 0.5) is 0 Å². The Morgan fingerprint density at radius 2 is 1.97 bits per heavy atom. The number of ketones is 1. The Labute approximate surface area is 200 Å². The Balaban J connectivity index is 0.000000233. The van der Waals surface area contributed by atoms with Crippen molar-refractivity contribution in [2.75, 3.05) is 0 Å². The number of aromatic carboxylic acids is 1. The van der Waals surface area contributed by atoms with E-state index in [1.807, 2.05) is 6.08 Å². The zero-order chi connectivity index (χ0) is 24.4. The monoisotopic (exact) mass is 474 g/mol. The number of hydrogen-bond acceptors (Lipinski definition) is 5. The Morgan fingerprint density at radius 3 is 2.55 bits per heavy atom. The SMILES string of the molecule is CC1CCC2C3CCC4=CC(=O)C=CC4(C)C3C(O)CC12C.O=C(O)c1ccco1.O=CS. The normalized spacial score (nSPS) is 38.3. The first-order valence-corrected chi connectivity index (χ1v) is 12.1. The lowest BCUT2D eigenvalue weighted by Gasteiger charge is -2.58. The molecule has 1 heterocycles. The first-order chi connectivity index (χ1) is 15.6. The molecule has 0 amide bonds. The van der Waals surface area contributed by atoms with Crippen LogP contribution >= 0.6 is 12.6 Å². The second-order valence-corrected chi connectivity index (χ2v) is 10.4. The predicted molar refractivity (Wildman–Crippen MR) is 129 cm³/mol. The number of thiol groups is 1. The minimum absolute atomic E-state index is 0.0231. The van der Waals surface area contributed by atoms with Crippen LogP contribution in [0.15, 0.2) is 46.6 Å². The highest BCUT2D eigenvalue weighted by Crippen LogP contribution is 2.65. The van der Waals surface area contributed by atoms with Gasteiger partial charge in [-0.3, -0.25) is 9.59 Å². The quantitative estimate of drug-likeness (QED) is 0.391. The molecule has 7 unspecified atom stereocenters. The van der Waals surface area contributed by atoms with Gasteiger partial charge in [-0.2, -0.15) is 0 Å². The van der Waals surface area contributed by atoms with Gasteiger partial charge in [-0.15, -0.1) is 12.6 Å². The Bertz CT molecular complexity index is 935. The number of allylic oxidation sites excluding steroid dienone is 4. The van der Waals surface area contributed by atoms with E-state index in [4.69, 9.17) is 9.90 Å². The number of carbonyl (C=O) groups excluding carboxylic acids is 2. The average Bonchev–Trinajstić information content (AvgIpc) is 3.38. The number of carboxylic acids is 1. The molecule has 0 aromatic carbocycles. The van der Waals surface area contributed by atoms with E-state index >= 15 is 0 Å². The lowest BCUT2D eigenvalue weighted by molar-refractivity contribution is -0.117. The van der Waals surface area contributed by atoms with Gasteiger partial charge in [0.15, 0.2) is 11.4 Å². The summed E-state index contributed by atoms with van der Waals surface area (Å²) in [4.78, 5) is 30.4. The molecular formula is C26H34O6S. The van der Waals surface area contributed by atoms with Gasteiger partial charge in [0.2, 0.25) is 5.76 Å². The smallest absolute Gasteiger partial charge is 0.371 e. The molecule has 6 nitrogen and oxygen atoms in total. The fourth-order valence-electron chi connectivity index (χ4n) is 6.98. The molecule has 0 spiro atoms. The van der Waals surface area contributed by atoms with E-state index in [-0.39, 0.29) is 23.1 Å². The van der Waals surface area contributed by atoms with Crippen molar-refractivity contribution < 1.29 is 29.0 Å². The summed E-state index contributed by atoms with van der Waals surface area (Å²) in [5.41, 5.74) is 1.91. The molecule has 4 aliphatic carbocycles. The van der Waals surface area contributed by atoms with Gasteiger partial charge in [-0.1, -0.05) is 32.4 Å². The van der Waals surface area contributed by atoms with Crippen molar-refractivity contribution in [3.63, 3.8) is 0 Å². The van der Waals surface area contributed by atoms with Crippen molar-refractivity contribution in [3.05, 3.63) is 48.0 Å². The van der Waals surface area contributed by atoms with Crippen molar-refractivity contribution >= 4 is 30.0 Å². The molecule has 0 radical (unpaired) electrons. The number of aliphatic hydroxyl groups excluding tert-OH is 1. The minimum atomic E-state index is -1.03. The maximum absolute atomic E-state index is 11.8. The highest BCUT2D eigenvalue weighted by molar-refractivity contribution is 7.94. The van der Waals surface area contributed by atoms with Gasteiger partial charge in [0.1, 0.15) is 0 Å². The molecule has 0 saturated heterocycles. The van der Waals surface area contributed by atoms with Crippen molar-refractivity contribution in [2.24, 2.45) is 34.5 Å². The number of fused-ring (bicyclic) bond motifs is 5. The maximum Gasteiger partial charge on any atom is 0.371 e. The Hall–Kier alpha value is -2.12. The van der Waals surface area contributed by atoms with Gasteiger partial charge >= 0.3 is 5.97 Å². The number of rotatable bonds is 1. The third-order valence-corrected chi connectivity index (χ3v) is 8.70. The Morgan fingerprint density at radius 1 is 1.27 bits per heavy atom. The van der Waals surface area contributed by atoms with Gasteiger partial charge in [0.25, 0.3) is 0 Å². The van der Waals surface area contributed by atoms with Crippen LogP contribution in [0.5, 0.6) is 0 Å². The van der Waals surface area contributed by atoms with E-state index in [1.165, 1.54) is 36.8 Å². The third-order valence-electron chi connectivity index (χ3n) is 8.70. The van der Waals surface area contributed by atoms with Crippen molar-refractivity contribution in [1.82, 2.24) is 0 Å². The summed E-state index contributed by atoms with van der Waals surface area (Å²) < 4.78 is 4.50. The molecule has 4 aliphatic rings. The number of furan rings is 1. The number of carboxylic acid groups (broad SMARTS) is 1. The first kappa shape index (κ1) is 25.5. The highest BCUT2D eigenvalue weighted by Gasteiger charge is 2.60. The number of carbonyl (C=O) groups is 3. The summed E-state index contributed by atoms with van der Waals surface area (Å²) in [5, 5.41) is 19.2. The van der Waals surface area contributed by atoms with E-state index < -0.39 is 5.97 Å². The molecule has 0 aliphatic heterocycles.